The van der Waals surface area contributed by atoms with Gasteiger partial charge in [0.25, 0.3) is 0 Å². The molecule has 5 heteroatoms. The average molecular weight is 364 g/mol. The number of halogens is 1. The summed E-state index contributed by atoms with van der Waals surface area (Å²) in [6.45, 7) is 0.446. The van der Waals surface area contributed by atoms with E-state index in [2.05, 4.69) is 27.0 Å². The van der Waals surface area contributed by atoms with Crippen LogP contribution in [0.5, 0.6) is 11.5 Å². The molecule has 0 fully saturated rings. The maximum Gasteiger partial charge on any atom is 0.162 e. The van der Waals surface area contributed by atoms with Crippen molar-refractivity contribution in [1.29, 1.82) is 0 Å². The summed E-state index contributed by atoms with van der Waals surface area (Å²) in [4.78, 5) is 4.57. The van der Waals surface area contributed by atoms with Crippen molar-refractivity contribution in [2.24, 2.45) is 0 Å². The van der Waals surface area contributed by atoms with Gasteiger partial charge in [0.1, 0.15) is 11.6 Å². The topological polar surface area (TPSA) is 31.4 Å². The van der Waals surface area contributed by atoms with Gasteiger partial charge in [0.05, 0.1) is 17.3 Å². The molecule has 0 aliphatic rings. The minimum absolute atomic E-state index is 0.446. The van der Waals surface area contributed by atoms with Crippen molar-refractivity contribution in [1.82, 2.24) is 4.98 Å². The molecule has 1 aromatic heterocycles. The van der Waals surface area contributed by atoms with Gasteiger partial charge in [0.15, 0.2) is 11.5 Å². The molecule has 0 atom stereocenters. The van der Waals surface area contributed by atoms with Gasteiger partial charge in [-0.2, -0.15) is 0 Å². The van der Waals surface area contributed by atoms with Crippen molar-refractivity contribution in [3.05, 3.63) is 53.0 Å². The monoisotopic (exact) mass is 363 g/mol. The first-order valence-corrected chi connectivity index (χ1v) is 8.44. The molecule has 0 spiro atoms. The van der Waals surface area contributed by atoms with Crippen LogP contribution in [0.4, 0.5) is 0 Å². The molecule has 21 heavy (non-hydrogen) atoms. The highest BCUT2D eigenvalue weighted by atomic mass is 79.9. The van der Waals surface area contributed by atoms with Crippen molar-refractivity contribution < 1.29 is 9.47 Å². The largest absolute Gasteiger partial charge is 0.493 e. The van der Waals surface area contributed by atoms with Gasteiger partial charge in [-0.25, -0.2) is 4.98 Å². The lowest BCUT2D eigenvalue weighted by Crippen LogP contribution is -1.98. The van der Waals surface area contributed by atoms with Crippen LogP contribution in [0.1, 0.15) is 10.6 Å². The van der Waals surface area contributed by atoms with E-state index in [9.17, 15) is 0 Å². The fourth-order valence-electron chi connectivity index (χ4n) is 2.04. The van der Waals surface area contributed by atoms with Gasteiger partial charge in [-0.3, -0.25) is 0 Å². The number of aromatic nitrogens is 1. The highest BCUT2D eigenvalue weighted by Gasteiger charge is 2.08. The van der Waals surface area contributed by atoms with E-state index in [1.54, 1.807) is 18.4 Å². The number of fused-ring (bicyclic) bond motifs is 1. The van der Waals surface area contributed by atoms with E-state index < -0.39 is 0 Å². The molecule has 0 aliphatic heterocycles. The number of hydrogen-bond acceptors (Lipinski definition) is 4. The summed E-state index contributed by atoms with van der Waals surface area (Å²) in [6, 6.07) is 14.0. The number of benzene rings is 2. The minimum Gasteiger partial charge on any atom is -0.493 e. The Bertz CT molecular complexity index is 724. The van der Waals surface area contributed by atoms with Crippen LogP contribution in [-0.2, 0) is 11.9 Å². The standard InChI is InChI=1S/C16H14BrNO2S/c1-19-13-7-6-11(9-17)8-14(13)20-10-16-18-12-4-2-3-5-15(12)21-16/h2-8H,9-10H2,1H3. The van der Waals surface area contributed by atoms with Gasteiger partial charge in [-0.15, -0.1) is 11.3 Å². The number of rotatable bonds is 5. The van der Waals surface area contributed by atoms with Crippen molar-refractivity contribution in [2.75, 3.05) is 7.11 Å². The number of nitrogens with zero attached hydrogens (tertiary/aromatic N) is 1. The van der Waals surface area contributed by atoms with Crippen molar-refractivity contribution >= 4 is 37.5 Å². The molecule has 0 unspecified atom stereocenters. The molecule has 108 valence electrons. The summed E-state index contributed by atoms with van der Waals surface area (Å²) in [5.74, 6) is 1.48. The van der Waals surface area contributed by atoms with Gasteiger partial charge in [-0.1, -0.05) is 34.1 Å². The molecular weight excluding hydrogens is 350 g/mol. The first-order valence-electron chi connectivity index (χ1n) is 6.50. The Labute approximate surface area is 135 Å². The first kappa shape index (κ1) is 14.4. The number of ether oxygens (including phenoxy) is 2. The smallest absolute Gasteiger partial charge is 0.162 e. The summed E-state index contributed by atoms with van der Waals surface area (Å²) < 4.78 is 12.4. The molecule has 2 aromatic carbocycles. The fourth-order valence-corrected chi connectivity index (χ4v) is 3.27. The highest BCUT2D eigenvalue weighted by molar-refractivity contribution is 9.08. The summed E-state index contributed by atoms with van der Waals surface area (Å²) in [5.41, 5.74) is 2.16. The highest BCUT2D eigenvalue weighted by Crippen LogP contribution is 2.30. The van der Waals surface area contributed by atoms with Gasteiger partial charge < -0.3 is 9.47 Å². The van der Waals surface area contributed by atoms with Crippen molar-refractivity contribution in [2.45, 2.75) is 11.9 Å². The predicted molar refractivity (Wildman–Crippen MR) is 89.6 cm³/mol. The molecule has 3 rings (SSSR count). The quantitative estimate of drug-likeness (QED) is 0.611. The molecule has 0 amide bonds. The van der Waals surface area contributed by atoms with Crippen LogP contribution >= 0.6 is 27.3 Å². The van der Waals surface area contributed by atoms with E-state index in [-0.39, 0.29) is 0 Å². The number of thiazole rings is 1. The number of hydrogen-bond donors (Lipinski definition) is 0. The van der Waals surface area contributed by atoms with Crippen molar-refractivity contribution in [3.63, 3.8) is 0 Å². The second-order valence-electron chi connectivity index (χ2n) is 4.48. The molecule has 3 aromatic rings. The van der Waals surface area contributed by atoms with E-state index in [1.807, 2.05) is 36.4 Å². The maximum absolute atomic E-state index is 5.89. The van der Waals surface area contributed by atoms with Crippen LogP contribution in [0.15, 0.2) is 42.5 Å². The Morgan fingerprint density at radius 2 is 2.00 bits per heavy atom. The molecule has 0 aliphatic carbocycles. The van der Waals surface area contributed by atoms with Crippen LogP contribution in [-0.4, -0.2) is 12.1 Å². The summed E-state index contributed by atoms with van der Waals surface area (Å²) in [5, 5.41) is 1.75. The van der Waals surface area contributed by atoms with Crippen LogP contribution in [0, 0.1) is 0 Å². The zero-order chi connectivity index (χ0) is 14.7. The number of alkyl halides is 1. The molecule has 0 radical (unpaired) electrons. The van der Waals surface area contributed by atoms with Crippen LogP contribution < -0.4 is 9.47 Å². The summed E-state index contributed by atoms with van der Waals surface area (Å²) >= 11 is 5.10. The maximum atomic E-state index is 5.89. The molecule has 1 heterocycles. The second-order valence-corrected chi connectivity index (χ2v) is 6.16. The average Bonchev–Trinajstić information content (AvgIpc) is 2.95. The van der Waals surface area contributed by atoms with Gasteiger partial charge in [0.2, 0.25) is 0 Å². The molecule has 0 saturated carbocycles. The van der Waals surface area contributed by atoms with Crippen LogP contribution in [0.2, 0.25) is 0 Å². The van der Waals surface area contributed by atoms with Gasteiger partial charge >= 0.3 is 0 Å². The lowest BCUT2D eigenvalue weighted by atomic mass is 10.2. The molecular formula is C16H14BrNO2S. The SMILES string of the molecule is COc1ccc(CBr)cc1OCc1nc2ccccc2s1. The van der Waals surface area contributed by atoms with E-state index >= 15 is 0 Å². The predicted octanol–water partition coefficient (Wildman–Crippen LogP) is 4.78. The third-order valence-corrected chi connectivity index (χ3v) is 4.73. The normalized spacial score (nSPS) is 10.8. The Morgan fingerprint density at radius 3 is 2.76 bits per heavy atom. The third-order valence-electron chi connectivity index (χ3n) is 3.07. The second kappa shape index (κ2) is 6.45. The molecule has 0 bridgehead atoms. The van der Waals surface area contributed by atoms with E-state index in [0.29, 0.717) is 6.61 Å². The van der Waals surface area contributed by atoms with E-state index in [4.69, 9.17) is 9.47 Å². The summed E-state index contributed by atoms with van der Waals surface area (Å²) in [6.07, 6.45) is 0. The van der Waals surface area contributed by atoms with E-state index in [0.717, 1.165) is 32.9 Å². The van der Waals surface area contributed by atoms with Crippen molar-refractivity contribution in [3.8, 4) is 11.5 Å². The molecule has 0 saturated heterocycles. The van der Waals surface area contributed by atoms with E-state index in [1.165, 1.54) is 4.70 Å². The zero-order valence-corrected chi connectivity index (χ0v) is 13.9. The van der Waals surface area contributed by atoms with Crippen LogP contribution in [0.25, 0.3) is 10.2 Å². The lowest BCUT2D eigenvalue weighted by Gasteiger charge is -2.10. The fraction of sp³-hybridized carbons (Fsp3) is 0.188. The van der Waals surface area contributed by atoms with Gasteiger partial charge in [-0.05, 0) is 29.8 Å². The Morgan fingerprint density at radius 1 is 1.14 bits per heavy atom. The number of para-hydroxylation sites is 1. The minimum atomic E-state index is 0.446. The molecule has 0 N–H and O–H groups in total. The Balaban J connectivity index is 1.80. The van der Waals surface area contributed by atoms with Gasteiger partial charge in [0, 0.05) is 5.33 Å². The summed E-state index contributed by atoms with van der Waals surface area (Å²) in [7, 11) is 1.65. The van der Waals surface area contributed by atoms with Crippen LogP contribution in [0.3, 0.4) is 0 Å². The lowest BCUT2D eigenvalue weighted by molar-refractivity contribution is 0.284. The Kier molecular flexibility index (Phi) is 4.41. The zero-order valence-electron chi connectivity index (χ0n) is 11.5. The first-order chi connectivity index (χ1) is 10.3. The Hall–Kier alpha value is -1.59. The third kappa shape index (κ3) is 3.19. The molecule has 3 nitrogen and oxygen atoms in total. The number of methoxy groups -OCH3 is 1.